The molecule has 38 heavy (non-hydrogen) atoms. The zero-order valence-corrected chi connectivity index (χ0v) is 23.2. The molecule has 0 spiro atoms. The van der Waals surface area contributed by atoms with Crippen molar-refractivity contribution >= 4 is 27.5 Å². The second-order valence-corrected chi connectivity index (χ2v) is 11.2. The van der Waals surface area contributed by atoms with Crippen molar-refractivity contribution < 1.29 is 18.0 Å². The van der Waals surface area contributed by atoms with Crippen LogP contribution in [0.4, 0.5) is 5.69 Å². The predicted molar refractivity (Wildman–Crippen MR) is 152 cm³/mol. The zero-order chi connectivity index (χ0) is 27.5. The van der Waals surface area contributed by atoms with Crippen molar-refractivity contribution in [3.05, 3.63) is 102 Å². The Balaban J connectivity index is 1.84. The first-order chi connectivity index (χ1) is 18.2. The van der Waals surface area contributed by atoms with E-state index in [2.05, 4.69) is 5.32 Å². The van der Waals surface area contributed by atoms with Crippen LogP contribution in [0.25, 0.3) is 0 Å². The van der Waals surface area contributed by atoms with Crippen molar-refractivity contribution in [3.8, 4) is 0 Å². The molecule has 0 unspecified atom stereocenters. The molecule has 0 aliphatic carbocycles. The van der Waals surface area contributed by atoms with Gasteiger partial charge in [-0.15, -0.1) is 0 Å². The third-order valence-corrected chi connectivity index (χ3v) is 7.53. The number of amides is 2. The standard InChI is InChI=1S/C30H37N3O4S/c1-4-31-30(35)28(22-25-15-7-5-8-16-25)32(23-26-17-9-6-10-18-26)29(34)20-13-21-33(38(3,36)37)27-19-12-11-14-24(27)2/h5-12,14-19,28H,4,13,20-23H2,1-3H3,(H,31,35)/t28-/m0/s1. The molecule has 3 aromatic carbocycles. The van der Waals surface area contributed by atoms with Crippen molar-refractivity contribution in [1.29, 1.82) is 0 Å². The van der Waals surface area contributed by atoms with Crippen LogP contribution in [0.15, 0.2) is 84.9 Å². The molecule has 1 N–H and O–H groups in total. The van der Waals surface area contributed by atoms with Crippen LogP contribution in [0, 0.1) is 6.92 Å². The zero-order valence-electron chi connectivity index (χ0n) is 22.3. The quantitative estimate of drug-likeness (QED) is 0.353. The van der Waals surface area contributed by atoms with Crippen molar-refractivity contribution in [1.82, 2.24) is 10.2 Å². The van der Waals surface area contributed by atoms with Gasteiger partial charge < -0.3 is 10.2 Å². The number of benzene rings is 3. The van der Waals surface area contributed by atoms with E-state index >= 15 is 0 Å². The lowest BCUT2D eigenvalue weighted by atomic mass is 10.0. The number of anilines is 1. The molecule has 0 aliphatic heterocycles. The number of sulfonamides is 1. The van der Waals surface area contributed by atoms with E-state index in [4.69, 9.17) is 0 Å². The average Bonchev–Trinajstić information content (AvgIpc) is 2.90. The third kappa shape index (κ3) is 8.18. The summed E-state index contributed by atoms with van der Waals surface area (Å²) in [5.41, 5.74) is 3.32. The fourth-order valence-corrected chi connectivity index (χ4v) is 5.47. The van der Waals surface area contributed by atoms with Crippen molar-refractivity contribution in [2.45, 2.75) is 45.7 Å². The van der Waals surface area contributed by atoms with Gasteiger partial charge in [-0.05, 0) is 43.0 Å². The molecule has 1 atom stereocenters. The van der Waals surface area contributed by atoms with Gasteiger partial charge in [0.1, 0.15) is 6.04 Å². The van der Waals surface area contributed by atoms with Crippen LogP contribution in [0.2, 0.25) is 0 Å². The number of nitrogens with one attached hydrogen (secondary N) is 1. The molecule has 0 saturated carbocycles. The van der Waals surface area contributed by atoms with E-state index in [-0.39, 0.29) is 31.3 Å². The SMILES string of the molecule is CCNC(=O)[C@H](Cc1ccccc1)N(Cc1ccccc1)C(=O)CCCN(c1ccccc1C)S(C)(=O)=O. The Labute approximate surface area is 226 Å². The highest BCUT2D eigenvalue weighted by Gasteiger charge is 2.30. The van der Waals surface area contributed by atoms with E-state index < -0.39 is 16.1 Å². The molecule has 0 radical (unpaired) electrons. The average molecular weight is 536 g/mol. The first-order valence-corrected chi connectivity index (χ1v) is 14.7. The van der Waals surface area contributed by atoms with E-state index in [0.29, 0.717) is 25.1 Å². The molecule has 7 nitrogen and oxygen atoms in total. The lowest BCUT2D eigenvalue weighted by molar-refractivity contribution is -0.141. The molecule has 3 aromatic rings. The summed E-state index contributed by atoms with van der Waals surface area (Å²) >= 11 is 0. The van der Waals surface area contributed by atoms with Crippen LogP contribution in [0.1, 0.15) is 36.5 Å². The summed E-state index contributed by atoms with van der Waals surface area (Å²) in [6.45, 7) is 4.62. The molecule has 0 fully saturated rings. The molecule has 8 heteroatoms. The second kappa shape index (κ2) is 13.8. The third-order valence-electron chi connectivity index (χ3n) is 6.35. The van der Waals surface area contributed by atoms with Crippen LogP contribution < -0.4 is 9.62 Å². The lowest BCUT2D eigenvalue weighted by Gasteiger charge is -2.32. The van der Waals surface area contributed by atoms with Crippen LogP contribution in [0.5, 0.6) is 0 Å². The van der Waals surface area contributed by atoms with Crippen molar-refractivity contribution in [2.24, 2.45) is 0 Å². The maximum atomic E-state index is 13.7. The molecule has 202 valence electrons. The number of para-hydroxylation sites is 1. The summed E-state index contributed by atoms with van der Waals surface area (Å²) in [5, 5.41) is 2.89. The minimum Gasteiger partial charge on any atom is -0.355 e. The Bertz CT molecular complexity index is 1300. The molecule has 2 amide bonds. The van der Waals surface area contributed by atoms with Gasteiger partial charge >= 0.3 is 0 Å². The molecular formula is C30H37N3O4S. The topological polar surface area (TPSA) is 86.8 Å². The van der Waals surface area contributed by atoms with Gasteiger partial charge in [0.05, 0.1) is 11.9 Å². The smallest absolute Gasteiger partial charge is 0.243 e. The van der Waals surface area contributed by atoms with Crippen LogP contribution >= 0.6 is 0 Å². The van der Waals surface area contributed by atoms with E-state index in [1.54, 1.807) is 17.0 Å². The molecule has 0 bridgehead atoms. The number of hydrogen-bond acceptors (Lipinski definition) is 4. The minimum absolute atomic E-state index is 0.107. The number of nitrogens with zero attached hydrogens (tertiary/aromatic N) is 2. The Morgan fingerprint density at radius 2 is 1.45 bits per heavy atom. The van der Waals surface area contributed by atoms with Gasteiger partial charge in [-0.25, -0.2) is 8.42 Å². The van der Waals surface area contributed by atoms with E-state index in [0.717, 1.165) is 16.7 Å². The summed E-state index contributed by atoms with van der Waals surface area (Å²) < 4.78 is 26.5. The van der Waals surface area contributed by atoms with Crippen LogP contribution in [-0.2, 0) is 32.6 Å². The molecular weight excluding hydrogens is 498 g/mol. The summed E-state index contributed by atoms with van der Waals surface area (Å²) in [6.07, 6.45) is 1.98. The normalized spacial score (nSPS) is 12.0. The van der Waals surface area contributed by atoms with Crippen molar-refractivity contribution in [2.75, 3.05) is 23.7 Å². The molecule has 0 aliphatic rings. The van der Waals surface area contributed by atoms with E-state index in [1.807, 2.05) is 86.6 Å². The Morgan fingerprint density at radius 1 is 0.868 bits per heavy atom. The van der Waals surface area contributed by atoms with Crippen LogP contribution in [-0.4, -0.2) is 50.5 Å². The lowest BCUT2D eigenvalue weighted by Crippen LogP contribution is -2.50. The van der Waals surface area contributed by atoms with Gasteiger partial charge in [0.25, 0.3) is 0 Å². The number of aryl methyl sites for hydroxylation is 1. The van der Waals surface area contributed by atoms with E-state index in [9.17, 15) is 18.0 Å². The predicted octanol–water partition coefficient (Wildman–Crippen LogP) is 4.32. The minimum atomic E-state index is -3.54. The van der Waals surface area contributed by atoms with Gasteiger partial charge in [-0.3, -0.25) is 13.9 Å². The first-order valence-electron chi connectivity index (χ1n) is 12.9. The number of carbonyl (C=O) groups is 2. The number of hydrogen-bond donors (Lipinski definition) is 1. The Morgan fingerprint density at radius 3 is 2.03 bits per heavy atom. The Hall–Kier alpha value is -3.65. The van der Waals surface area contributed by atoms with Gasteiger partial charge in [0.2, 0.25) is 21.8 Å². The summed E-state index contributed by atoms with van der Waals surface area (Å²) in [7, 11) is -3.54. The molecule has 0 saturated heterocycles. The summed E-state index contributed by atoms with van der Waals surface area (Å²) in [6, 6.07) is 25.8. The van der Waals surface area contributed by atoms with Crippen molar-refractivity contribution in [3.63, 3.8) is 0 Å². The second-order valence-electron chi connectivity index (χ2n) is 9.33. The number of likely N-dealkylation sites (N-methyl/N-ethyl adjacent to an activating group) is 1. The maximum Gasteiger partial charge on any atom is 0.243 e. The number of carbonyl (C=O) groups excluding carboxylic acids is 2. The summed E-state index contributed by atoms with van der Waals surface area (Å²) in [5.74, 6) is -0.405. The largest absolute Gasteiger partial charge is 0.355 e. The molecule has 0 aromatic heterocycles. The molecule has 3 rings (SSSR count). The highest BCUT2D eigenvalue weighted by Crippen LogP contribution is 2.23. The monoisotopic (exact) mass is 535 g/mol. The Kier molecular flexibility index (Phi) is 10.5. The van der Waals surface area contributed by atoms with Gasteiger partial charge in [0.15, 0.2) is 0 Å². The summed E-state index contributed by atoms with van der Waals surface area (Å²) in [4.78, 5) is 28.6. The number of rotatable bonds is 13. The molecule has 0 heterocycles. The maximum absolute atomic E-state index is 13.7. The van der Waals surface area contributed by atoms with Crippen LogP contribution in [0.3, 0.4) is 0 Å². The van der Waals surface area contributed by atoms with E-state index in [1.165, 1.54) is 10.6 Å². The van der Waals surface area contributed by atoms with Gasteiger partial charge in [0, 0.05) is 32.5 Å². The fraction of sp³-hybridized carbons (Fsp3) is 0.333. The van der Waals surface area contributed by atoms with Gasteiger partial charge in [-0.2, -0.15) is 0 Å². The highest BCUT2D eigenvalue weighted by atomic mass is 32.2. The van der Waals surface area contributed by atoms with Gasteiger partial charge in [-0.1, -0.05) is 78.9 Å². The first kappa shape index (κ1) is 28.9. The highest BCUT2D eigenvalue weighted by molar-refractivity contribution is 7.92. The fourth-order valence-electron chi connectivity index (χ4n) is 4.45.